The van der Waals surface area contributed by atoms with Gasteiger partial charge in [-0.05, 0) is 55.3 Å². The lowest BCUT2D eigenvalue weighted by Crippen LogP contribution is -2.13. The molecule has 1 amide bonds. The van der Waals surface area contributed by atoms with Gasteiger partial charge >= 0.3 is 5.97 Å². The summed E-state index contributed by atoms with van der Waals surface area (Å²) >= 11 is 0. The number of carboxylic acid groups (broad SMARTS) is 1. The van der Waals surface area contributed by atoms with E-state index < -0.39 is 18.2 Å². The summed E-state index contributed by atoms with van der Waals surface area (Å²) in [5.74, 6) is -0.580. The molecule has 0 saturated carbocycles. The van der Waals surface area contributed by atoms with Crippen LogP contribution in [0.2, 0.25) is 0 Å². The van der Waals surface area contributed by atoms with Gasteiger partial charge in [-0.2, -0.15) is 0 Å². The van der Waals surface area contributed by atoms with Crippen LogP contribution in [0.25, 0.3) is 0 Å². The van der Waals surface area contributed by atoms with Crippen LogP contribution in [-0.4, -0.2) is 30.2 Å². The molecule has 0 unspecified atom stereocenters. The normalized spacial score (nSPS) is 10.3. The van der Waals surface area contributed by atoms with Gasteiger partial charge in [0.25, 0.3) is 0 Å². The first kappa shape index (κ1) is 20.2. The van der Waals surface area contributed by atoms with Crippen molar-refractivity contribution in [3.63, 3.8) is 0 Å². The van der Waals surface area contributed by atoms with Crippen molar-refractivity contribution < 1.29 is 28.6 Å². The molecule has 0 aliphatic rings. The molecule has 0 heterocycles. The summed E-state index contributed by atoms with van der Waals surface area (Å²) in [6.07, 6.45) is 0.317. The standard InChI is InChI=1S/C20H22FNO5/c1-2-26-16-7-9-17(10-8-16)27-11-3-4-19(23)22-15-6-5-14(12-20(24)25)18(21)13-15/h5-10,13H,2-4,11-12H2,1H3,(H,22,23)(H,24,25). The van der Waals surface area contributed by atoms with Crippen molar-refractivity contribution in [3.05, 3.63) is 53.8 Å². The van der Waals surface area contributed by atoms with Crippen LogP contribution in [0.1, 0.15) is 25.3 Å². The Kier molecular flexibility index (Phi) is 7.61. The third-order valence-electron chi connectivity index (χ3n) is 3.63. The molecule has 0 aliphatic carbocycles. The van der Waals surface area contributed by atoms with Crippen LogP contribution in [0, 0.1) is 5.82 Å². The van der Waals surface area contributed by atoms with E-state index >= 15 is 0 Å². The van der Waals surface area contributed by atoms with E-state index in [0.29, 0.717) is 31.1 Å². The molecule has 0 saturated heterocycles. The average Bonchev–Trinajstić information content (AvgIpc) is 2.62. The molecule has 0 aromatic heterocycles. The summed E-state index contributed by atoms with van der Waals surface area (Å²) in [5, 5.41) is 11.3. The summed E-state index contributed by atoms with van der Waals surface area (Å²) in [6, 6.07) is 11.2. The Morgan fingerprint density at radius 1 is 1.07 bits per heavy atom. The summed E-state index contributed by atoms with van der Waals surface area (Å²) in [4.78, 5) is 22.5. The topological polar surface area (TPSA) is 84.9 Å². The number of carbonyl (C=O) groups is 2. The van der Waals surface area contributed by atoms with Crippen LogP contribution in [0.3, 0.4) is 0 Å². The highest BCUT2D eigenvalue weighted by Crippen LogP contribution is 2.18. The third kappa shape index (κ3) is 6.97. The van der Waals surface area contributed by atoms with Crippen LogP contribution in [0.15, 0.2) is 42.5 Å². The number of rotatable bonds is 10. The van der Waals surface area contributed by atoms with E-state index in [1.165, 1.54) is 12.1 Å². The molecule has 0 radical (unpaired) electrons. The number of aliphatic carboxylic acids is 1. The Balaban J connectivity index is 1.73. The molecule has 2 aromatic rings. The number of carbonyl (C=O) groups excluding carboxylic acids is 1. The minimum atomic E-state index is -1.11. The van der Waals surface area contributed by atoms with Gasteiger partial charge < -0.3 is 19.9 Å². The van der Waals surface area contributed by atoms with Crippen LogP contribution < -0.4 is 14.8 Å². The zero-order valence-electron chi connectivity index (χ0n) is 15.0. The van der Waals surface area contributed by atoms with Gasteiger partial charge in [0, 0.05) is 12.1 Å². The number of anilines is 1. The second-order valence-corrected chi connectivity index (χ2v) is 5.78. The predicted molar refractivity (Wildman–Crippen MR) is 98.7 cm³/mol. The molecule has 0 aliphatic heterocycles. The number of halogens is 1. The monoisotopic (exact) mass is 375 g/mol. The lowest BCUT2D eigenvalue weighted by Gasteiger charge is -2.09. The number of carboxylic acids is 1. The first-order valence-electron chi connectivity index (χ1n) is 8.63. The fourth-order valence-corrected chi connectivity index (χ4v) is 2.38. The summed E-state index contributed by atoms with van der Waals surface area (Å²) in [5.41, 5.74) is 0.364. The van der Waals surface area contributed by atoms with Gasteiger partial charge in [-0.15, -0.1) is 0 Å². The van der Waals surface area contributed by atoms with Crippen molar-refractivity contribution >= 4 is 17.6 Å². The molecule has 144 valence electrons. The van der Waals surface area contributed by atoms with E-state index in [0.717, 1.165) is 11.8 Å². The largest absolute Gasteiger partial charge is 0.494 e. The SMILES string of the molecule is CCOc1ccc(OCCCC(=O)Nc2ccc(CC(=O)O)c(F)c2)cc1. The van der Waals surface area contributed by atoms with E-state index in [1.807, 2.05) is 19.1 Å². The number of nitrogens with one attached hydrogen (secondary N) is 1. The maximum atomic E-state index is 13.8. The summed E-state index contributed by atoms with van der Waals surface area (Å²) in [6.45, 7) is 2.88. The second-order valence-electron chi connectivity index (χ2n) is 5.78. The number of hydrogen-bond donors (Lipinski definition) is 2. The van der Waals surface area contributed by atoms with E-state index in [9.17, 15) is 14.0 Å². The molecular weight excluding hydrogens is 353 g/mol. The molecule has 27 heavy (non-hydrogen) atoms. The maximum absolute atomic E-state index is 13.8. The van der Waals surface area contributed by atoms with Crippen molar-refractivity contribution in [2.24, 2.45) is 0 Å². The van der Waals surface area contributed by atoms with Gasteiger partial charge in [0.2, 0.25) is 5.91 Å². The third-order valence-corrected chi connectivity index (χ3v) is 3.63. The lowest BCUT2D eigenvalue weighted by molar-refractivity contribution is -0.136. The highest BCUT2D eigenvalue weighted by Gasteiger charge is 2.09. The summed E-state index contributed by atoms with van der Waals surface area (Å²) < 4.78 is 24.7. The van der Waals surface area contributed by atoms with Crippen LogP contribution in [0.4, 0.5) is 10.1 Å². The van der Waals surface area contributed by atoms with Gasteiger partial charge in [0.05, 0.1) is 19.6 Å². The van der Waals surface area contributed by atoms with Gasteiger partial charge in [-0.1, -0.05) is 6.07 Å². The van der Waals surface area contributed by atoms with Crippen molar-refractivity contribution in [1.29, 1.82) is 0 Å². The van der Waals surface area contributed by atoms with Crippen molar-refractivity contribution in [1.82, 2.24) is 0 Å². The zero-order valence-corrected chi connectivity index (χ0v) is 15.0. The van der Waals surface area contributed by atoms with Crippen LogP contribution in [0.5, 0.6) is 11.5 Å². The first-order valence-corrected chi connectivity index (χ1v) is 8.63. The van der Waals surface area contributed by atoms with Crippen molar-refractivity contribution in [3.8, 4) is 11.5 Å². The smallest absolute Gasteiger partial charge is 0.307 e. The Hall–Kier alpha value is -3.09. The number of ether oxygens (including phenoxy) is 2. The highest BCUT2D eigenvalue weighted by molar-refractivity contribution is 5.90. The Morgan fingerprint density at radius 2 is 1.74 bits per heavy atom. The van der Waals surface area contributed by atoms with E-state index in [4.69, 9.17) is 14.6 Å². The molecule has 2 aromatic carbocycles. The molecular formula is C20H22FNO5. The van der Waals surface area contributed by atoms with Gasteiger partial charge in [0.1, 0.15) is 17.3 Å². The molecule has 0 fully saturated rings. The van der Waals surface area contributed by atoms with Gasteiger partial charge in [0.15, 0.2) is 0 Å². The van der Waals surface area contributed by atoms with Gasteiger partial charge in [-0.25, -0.2) is 4.39 Å². The van der Waals surface area contributed by atoms with Crippen LogP contribution >= 0.6 is 0 Å². The molecule has 2 N–H and O–H groups in total. The number of benzene rings is 2. The average molecular weight is 375 g/mol. The van der Waals surface area contributed by atoms with Crippen molar-refractivity contribution in [2.45, 2.75) is 26.2 Å². The number of amides is 1. The number of hydrogen-bond acceptors (Lipinski definition) is 4. The molecule has 0 bridgehead atoms. The molecule has 7 heteroatoms. The first-order chi connectivity index (χ1) is 13.0. The minimum Gasteiger partial charge on any atom is -0.494 e. The molecule has 2 rings (SSSR count). The Labute approximate surface area is 156 Å². The second kappa shape index (κ2) is 10.2. The Morgan fingerprint density at radius 3 is 2.33 bits per heavy atom. The fraction of sp³-hybridized carbons (Fsp3) is 0.300. The van der Waals surface area contributed by atoms with Crippen molar-refractivity contribution in [2.75, 3.05) is 18.5 Å². The lowest BCUT2D eigenvalue weighted by atomic mass is 10.1. The highest BCUT2D eigenvalue weighted by atomic mass is 19.1. The van der Waals surface area contributed by atoms with E-state index in [-0.39, 0.29) is 17.9 Å². The predicted octanol–water partition coefficient (Wildman–Crippen LogP) is 3.65. The maximum Gasteiger partial charge on any atom is 0.307 e. The van der Waals surface area contributed by atoms with Crippen LogP contribution in [-0.2, 0) is 16.0 Å². The zero-order chi connectivity index (χ0) is 19.6. The quantitative estimate of drug-likeness (QED) is 0.619. The fourth-order valence-electron chi connectivity index (χ4n) is 2.38. The Bertz CT molecular complexity index is 776. The molecule has 6 nitrogen and oxygen atoms in total. The summed E-state index contributed by atoms with van der Waals surface area (Å²) in [7, 11) is 0. The van der Waals surface area contributed by atoms with Gasteiger partial charge in [-0.3, -0.25) is 9.59 Å². The molecule has 0 spiro atoms. The molecule has 0 atom stereocenters. The minimum absolute atomic E-state index is 0.0734. The van der Waals surface area contributed by atoms with E-state index in [1.54, 1.807) is 12.1 Å². The van der Waals surface area contributed by atoms with E-state index in [2.05, 4.69) is 5.32 Å².